The van der Waals surface area contributed by atoms with Crippen LogP contribution in [0.1, 0.15) is 51.0 Å². The summed E-state index contributed by atoms with van der Waals surface area (Å²) in [4.78, 5) is 0. The Morgan fingerprint density at radius 1 is 0.941 bits per heavy atom. The van der Waals surface area contributed by atoms with Crippen molar-refractivity contribution in [3.63, 3.8) is 0 Å². The zero-order chi connectivity index (χ0) is 12.3. The summed E-state index contributed by atoms with van der Waals surface area (Å²) in [5.74, 6) is 1.77. The molecule has 0 aromatic heterocycles. The molecule has 0 atom stereocenters. The average molecular weight is 252 g/mol. The molecule has 0 bridgehead atoms. The first-order valence-corrected chi connectivity index (χ1v) is 7.32. The first-order valence-electron chi connectivity index (χ1n) is 6.69. The van der Waals surface area contributed by atoms with Gasteiger partial charge in [0.15, 0.2) is 0 Å². The molecular weight excluding hydrogens is 228 g/mol. The second-order valence-corrected chi connectivity index (χ2v) is 4.73. The Morgan fingerprint density at radius 3 is 2.24 bits per heavy atom. The zero-order valence-electron chi connectivity index (χ0n) is 10.8. The van der Waals surface area contributed by atoms with Crippen LogP contribution in [0.15, 0.2) is 24.3 Å². The Kier molecular flexibility index (Phi) is 7.98. The van der Waals surface area contributed by atoms with E-state index in [1.54, 1.807) is 0 Å². The van der Waals surface area contributed by atoms with Crippen LogP contribution >= 0.6 is 12.6 Å². The third kappa shape index (κ3) is 6.62. The molecule has 0 fully saturated rings. The van der Waals surface area contributed by atoms with Gasteiger partial charge in [-0.25, -0.2) is 0 Å². The molecule has 1 rings (SSSR count). The van der Waals surface area contributed by atoms with Gasteiger partial charge in [0.1, 0.15) is 5.75 Å². The third-order valence-corrected chi connectivity index (χ3v) is 3.24. The Bertz CT molecular complexity index is 281. The fraction of sp³-hybridized carbons (Fsp3) is 0.600. The molecule has 0 saturated heterocycles. The van der Waals surface area contributed by atoms with Crippen LogP contribution in [-0.2, 0) is 5.75 Å². The highest BCUT2D eigenvalue weighted by molar-refractivity contribution is 7.79. The van der Waals surface area contributed by atoms with Gasteiger partial charge in [-0.05, 0) is 24.1 Å². The summed E-state index contributed by atoms with van der Waals surface area (Å²) in [6.07, 6.45) is 7.84. The second-order valence-electron chi connectivity index (χ2n) is 4.42. The van der Waals surface area contributed by atoms with E-state index in [9.17, 15) is 0 Å². The smallest absolute Gasteiger partial charge is 0.119 e. The number of hydrogen-bond donors (Lipinski definition) is 1. The van der Waals surface area contributed by atoms with Gasteiger partial charge >= 0.3 is 0 Å². The lowest BCUT2D eigenvalue weighted by Gasteiger charge is -2.06. The predicted molar refractivity (Wildman–Crippen MR) is 78.0 cm³/mol. The lowest BCUT2D eigenvalue weighted by atomic mass is 10.1. The van der Waals surface area contributed by atoms with Gasteiger partial charge in [-0.1, -0.05) is 51.2 Å². The van der Waals surface area contributed by atoms with Crippen LogP contribution in [-0.4, -0.2) is 6.61 Å². The number of ether oxygens (including phenoxy) is 1. The first kappa shape index (κ1) is 14.4. The summed E-state index contributed by atoms with van der Waals surface area (Å²) in [5, 5.41) is 0. The molecule has 0 unspecified atom stereocenters. The molecule has 0 N–H and O–H groups in total. The van der Waals surface area contributed by atoms with Crippen LogP contribution in [0.5, 0.6) is 5.75 Å². The Morgan fingerprint density at radius 2 is 1.59 bits per heavy atom. The Hall–Kier alpha value is -0.630. The summed E-state index contributed by atoms with van der Waals surface area (Å²) in [6, 6.07) is 8.21. The normalized spacial score (nSPS) is 10.5. The molecule has 0 radical (unpaired) electrons. The van der Waals surface area contributed by atoms with Crippen molar-refractivity contribution in [2.75, 3.05) is 6.61 Å². The fourth-order valence-corrected chi connectivity index (χ4v) is 1.97. The van der Waals surface area contributed by atoms with Gasteiger partial charge < -0.3 is 4.74 Å². The number of hydrogen-bond acceptors (Lipinski definition) is 2. The lowest BCUT2D eigenvalue weighted by Crippen LogP contribution is -1.97. The van der Waals surface area contributed by atoms with Crippen LogP contribution < -0.4 is 4.74 Å². The zero-order valence-corrected chi connectivity index (χ0v) is 11.7. The van der Waals surface area contributed by atoms with E-state index in [-0.39, 0.29) is 0 Å². The minimum atomic E-state index is 0.789. The van der Waals surface area contributed by atoms with E-state index in [1.165, 1.54) is 37.7 Å². The van der Waals surface area contributed by atoms with Gasteiger partial charge in [-0.3, -0.25) is 0 Å². The standard InChI is InChI=1S/C15H24OS/c1-2-3-4-5-6-7-12-16-15-10-8-14(13-17)9-11-15/h8-11,17H,2-7,12-13H2,1H3. The summed E-state index contributed by atoms with van der Waals surface area (Å²) < 4.78 is 5.69. The number of thiol groups is 1. The highest BCUT2D eigenvalue weighted by Crippen LogP contribution is 2.14. The molecule has 1 nitrogen and oxygen atoms in total. The minimum Gasteiger partial charge on any atom is -0.494 e. The molecule has 96 valence electrons. The van der Waals surface area contributed by atoms with Crippen molar-refractivity contribution in [1.82, 2.24) is 0 Å². The molecule has 0 saturated carbocycles. The minimum absolute atomic E-state index is 0.789. The molecule has 2 heteroatoms. The highest BCUT2D eigenvalue weighted by atomic mass is 32.1. The molecular formula is C15H24OS. The van der Waals surface area contributed by atoms with Crippen LogP contribution in [0.3, 0.4) is 0 Å². The molecule has 0 amide bonds. The molecule has 0 spiro atoms. The summed E-state index contributed by atoms with van der Waals surface area (Å²) >= 11 is 4.23. The van der Waals surface area contributed by atoms with E-state index >= 15 is 0 Å². The summed E-state index contributed by atoms with van der Waals surface area (Å²) in [7, 11) is 0. The maximum Gasteiger partial charge on any atom is 0.119 e. The molecule has 1 aromatic carbocycles. The monoisotopic (exact) mass is 252 g/mol. The van der Waals surface area contributed by atoms with E-state index in [2.05, 4.69) is 31.7 Å². The van der Waals surface area contributed by atoms with E-state index < -0.39 is 0 Å². The van der Waals surface area contributed by atoms with Crippen molar-refractivity contribution in [3.8, 4) is 5.75 Å². The summed E-state index contributed by atoms with van der Waals surface area (Å²) in [6.45, 7) is 3.09. The maximum atomic E-state index is 5.69. The van der Waals surface area contributed by atoms with E-state index in [0.29, 0.717) is 0 Å². The van der Waals surface area contributed by atoms with Crippen molar-refractivity contribution in [2.45, 2.75) is 51.2 Å². The van der Waals surface area contributed by atoms with Crippen molar-refractivity contribution >= 4 is 12.6 Å². The molecule has 0 aliphatic rings. The van der Waals surface area contributed by atoms with Gasteiger partial charge in [0, 0.05) is 5.75 Å². The Balaban J connectivity index is 2.05. The van der Waals surface area contributed by atoms with Crippen LogP contribution in [0.4, 0.5) is 0 Å². The number of rotatable bonds is 9. The van der Waals surface area contributed by atoms with Gasteiger partial charge in [0.2, 0.25) is 0 Å². The highest BCUT2D eigenvalue weighted by Gasteiger charge is 1.95. The topological polar surface area (TPSA) is 9.23 Å². The van der Waals surface area contributed by atoms with Crippen molar-refractivity contribution < 1.29 is 4.74 Å². The largest absolute Gasteiger partial charge is 0.494 e. The molecule has 1 aromatic rings. The maximum absolute atomic E-state index is 5.69. The van der Waals surface area contributed by atoms with Crippen LogP contribution in [0.2, 0.25) is 0 Å². The molecule has 0 aliphatic heterocycles. The Labute approximate surface area is 111 Å². The van der Waals surface area contributed by atoms with E-state index in [1.807, 2.05) is 12.1 Å². The van der Waals surface area contributed by atoms with Gasteiger partial charge in [-0.15, -0.1) is 0 Å². The predicted octanol–water partition coefficient (Wildman–Crippen LogP) is 4.86. The molecule has 0 aliphatic carbocycles. The lowest BCUT2D eigenvalue weighted by molar-refractivity contribution is 0.304. The SMILES string of the molecule is CCCCCCCCOc1ccc(CS)cc1. The van der Waals surface area contributed by atoms with Crippen molar-refractivity contribution in [3.05, 3.63) is 29.8 Å². The third-order valence-electron chi connectivity index (χ3n) is 2.87. The molecule has 17 heavy (non-hydrogen) atoms. The second kappa shape index (κ2) is 9.41. The van der Waals surface area contributed by atoms with Gasteiger partial charge in [0.05, 0.1) is 6.61 Å². The van der Waals surface area contributed by atoms with E-state index in [4.69, 9.17) is 4.74 Å². The quantitative estimate of drug-likeness (QED) is 0.488. The van der Waals surface area contributed by atoms with E-state index in [0.717, 1.165) is 24.5 Å². The fourth-order valence-electron chi connectivity index (χ4n) is 1.76. The molecule has 0 heterocycles. The first-order chi connectivity index (χ1) is 8.36. The van der Waals surface area contributed by atoms with Crippen molar-refractivity contribution in [1.29, 1.82) is 0 Å². The van der Waals surface area contributed by atoms with Crippen LogP contribution in [0.25, 0.3) is 0 Å². The van der Waals surface area contributed by atoms with Gasteiger partial charge in [0.25, 0.3) is 0 Å². The van der Waals surface area contributed by atoms with Gasteiger partial charge in [-0.2, -0.15) is 12.6 Å². The number of benzene rings is 1. The average Bonchev–Trinajstić information content (AvgIpc) is 2.38. The van der Waals surface area contributed by atoms with Crippen LogP contribution in [0, 0.1) is 0 Å². The summed E-state index contributed by atoms with van der Waals surface area (Å²) in [5.41, 5.74) is 1.24. The van der Waals surface area contributed by atoms with Crippen molar-refractivity contribution in [2.24, 2.45) is 0 Å². The number of unbranched alkanes of at least 4 members (excludes halogenated alkanes) is 5.